The molecule has 1 unspecified atom stereocenters. The van der Waals surface area contributed by atoms with Gasteiger partial charge in [-0.25, -0.2) is 0 Å². The van der Waals surface area contributed by atoms with E-state index in [1.54, 1.807) is 0 Å². The van der Waals surface area contributed by atoms with Crippen molar-refractivity contribution in [3.05, 3.63) is 57.8 Å². The Hall–Kier alpha value is -1.16. The van der Waals surface area contributed by atoms with Gasteiger partial charge in [-0.3, -0.25) is 4.90 Å². The van der Waals surface area contributed by atoms with Crippen LogP contribution in [0.2, 0.25) is 0 Å². The van der Waals surface area contributed by atoms with Crippen LogP contribution < -0.4 is 0 Å². The molecule has 21 heavy (non-hydrogen) atoms. The van der Waals surface area contributed by atoms with Gasteiger partial charge >= 0.3 is 0 Å². The molecule has 2 nitrogen and oxygen atoms in total. The zero-order valence-corrected chi connectivity index (χ0v) is 13.4. The number of benzene rings is 1. The molecule has 1 N–H and O–H groups in total. The van der Waals surface area contributed by atoms with Gasteiger partial charge in [0, 0.05) is 24.0 Å². The normalized spacial score (nSPS) is 16.3. The summed E-state index contributed by atoms with van der Waals surface area (Å²) >= 11 is 1.82. The quantitative estimate of drug-likeness (QED) is 0.830. The fourth-order valence-corrected chi connectivity index (χ4v) is 3.41. The van der Waals surface area contributed by atoms with Crippen molar-refractivity contribution < 1.29 is 5.11 Å². The first kappa shape index (κ1) is 14.8. The van der Waals surface area contributed by atoms with Gasteiger partial charge < -0.3 is 5.11 Å². The summed E-state index contributed by atoms with van der Waals surface area (Å²) in [5.74, 6) is 0. The predicted molar refractivity (Wildman–Crippen MR) is 88.5 cm³/mol. The second-order valence-corrected chi connectivity index (χ2v) is 7.03. The average Bonchev–Trinajstić information content (AvgIpc) is 3.21. The summed E-state index contributed by atoms with van der Waals surface area (Å²) in [4.78, 5) is 3.95. The number of thiophene rings is 1. The van der Waals surface area contributed by atoms with Crippen LogP contribution in [0.5, 0.6) is 0 Å². The molecule has 1 saturated carbocycles. The number of hydrogen-bond donors (Lipinski definition) is 1. The van der Waals surface area contributed by atoms with Gasteiger partial charge in [-0.05, 0) is 43.2 Å². The number of nitrogens with zero attached hydrogens (tertiary/aromatic N) is 1. The lowest BCUT2D eigenvalue weighted by Gasteiger charge is -2.23. The van der Waals surface area contributed by atoms with Crippen molar-refractivity contribution in [2.45, 2.75) is 44.9 Å². The molecule has 0 amide bonds. The van der Waals surface area contributed by atoms with Crippen LogP contribution in [0.25, 0.3) is 0 Å². The van der Waals surface area contributed by atoms with E-state index in [1.807, 2.05) is 23.5 Å². The van der Waals surface area contributed by atoms with Gasteiger partial charge in [0.15, 0.2) is 0 Å². The molecule has 2 aromatic rings. The van der Waals surface area contributed by atoms with Crippen molar-refractivity contribution in [3.8, 4) is 0 Å². The summed E-state index contributed by atoms with van der Waals surface area (Å²) < 4.78 is 0. The van der Waals surface area contributed by atoms with E-state index in [4.69, 9.17) is 0 Å². The van der Waals surface area contributed by atoms with Crippen molar-refractivity contribution in [2.75, 3.05) is 6.54 Å². The summed E-state index contributed by atoms with van der Waals surface area (Å²) in [5.41, 5.74) is 2.27. The highest BCUT2D eigenvalue weighted by atomic mass is 32.1. The standard InChI is InChI=1S/C18H23NOS/c1-14-4-6-15(7-5-14)18(20)10-11-19(16-8-9-16)13-17-3-2-12-21-17/h2-7,12,16,18,20H,8-11,13H2,1H3. The molecule has 1 aliphatic carbocycles. The molecule has 0 bridgehead atoms. The van der Waals surface area contributed by atoms with Gasteiger partial charge in [0.05, 0.1) is 6.10 Å². The van der Waals surface area contributed by atoms with Gasteiger partial charge in [0.25, 0.3) is 0 Å². The summed E-state index contributed by atoms with van der Waals surface area (Å²) in [6, 6.07) is 13.3. The summed E-state index contributed by atoms with van der Waals surface area (Å²) in [6.45, 7) is 4.08. The molecule has 0 radical (unpaired) electrons. The minimum Gasteiger partial charge on any atom is -0.388 e. The third kappa shape index (κ3) is 4.16. The fraction of sp³-hybridized carbons (Fsp3) is 0.444. The van der Waals surface area contributed by atoms with Gasteiger partial charge in [-0.2, -0.15) is 0 Å². The molecule has 0 spiro atoms. The number of rotatable bonds is 7. The van der Waals surface area contributed by atoms with Crippen LogP contribution in [0.3, 0.4) is 0 Å². The van der Waals surface area contributed by atoms with E-state index in [9.17, 15) is 5.11 Å². The number of aliphatic hydroxyl groups is 1. The zero-order valence-electron chi connectivity index (χ0n) is 12.5. The van der Waals surface area contributed by atoms with Gasteiger partial charge in [-0.1, -0.05) is 35.9 Å². The van der Waals surface area contributed by atoms with E-state index < -0.39 is 0 Å². The SMILES string of the molecule is Cc1ccc(C(O)CCN(Cc2cccs2)C2CC2)cc1. The van der Waals surface area contributed by atoms with Crippen LogP contribution in [0.1, 0.15) is 41.4 Å². The average molecular weight is 301 g/mol. The van der Waals surface area contributed by atoms with Gasteiger partial charge in [-0.15, -0.1) is 11.3 Å². The molecule has 3 rings (SSSR count). The van der Waals surface area contributed by atoms with Crippen LogP contribution in [0.4, 0.5) is 0 Å². The molecule has 1 aliphatic rings. The fourth-order valence-electron chi connectivity index (χ4n) is 2.68. The Morgan fingerprint density at radius 3 is 2.62 bits per heavy atom. The lowest BCUT2D eigenvalue weighted by molar-refractivity contribution is 0.137. The smallest absolute Gasteiger partial charge is 0.0802 e. The first-order valence-corrected chi connectivity index (χ1v) is 8.61. The molecular weight excluding hydrogens is 278 g/mol. The number of aliphatic hydroxyl groups excluding tert-OH is 1. The lowest BCUT2D eigenvalue weighted by Crippen LogP contribution is -2.27. The van der Waals surface area contributed by atoms with E-state index in [2.05, 4.69) is 41.5 Å². The van der Waals surface area contributed by atoms with Crippen molar-refractivity contribution in [3.63, 3.8) is 0 Å². The Balaban J connectivity index is 1.55. The number of aryl methyl sites for hydroxylation is 1. The molecule has 1 atom stereocenters. The summed E-state index contributed by atoms with van der Waals surface area (Å²) in [6.07, 6.45) is 3.08. The van der Waals surface area contributed by atoms with E-state index in [0.29, 0.717) is 0 Å². The Labute approximate surface area is 131 Å². The van der Waals surface area contributed by atoms with Crippen LogP contribution in [-0.2, 0) is 6.54 Å². The van der Waals surface area contributed by atoms with E-state index in [1.165, 1.54) is 23.3 Å². The maximum Gasteiger partial charge on any atom is 0.0802 e. The Kier molecular flexibility index (Phi) is 4.73. The highest BCUT2D eigenvalue weighted by Gasteiger charge is 2.29. The van der Waals surface area contributed by atoms with Gasteiger partial charge in [0.2, 0.25) is 0 Å². The van der Waals surface area contributed by atoms with E-state index in [-0.39, 0.29) is 6.10 Å². The van der Waals surface area contributed by atoms with Crippen molar-refractivity contribution >= 4 is 11.3 Å². The maximum atomic E-state index is 10.4. The van der Waals surface area contributed by atoms with Crippen LogP contribution >= 0.6 is 11.3 Å². The topological polar surface area (TPSA) is 23.5 Å². The summed E-state index contributed by atoms with van der Waals surface area (Å²) in [5, 5.41) is 12.5. The van der Waals surface area contributed by atoms with Gasteiger partial charge in [0.1, 0.15) is 0 Å². The Morgan fingerprint density at radius 2 is 2.00 bits per heavy atom. The van der Waals surface area contributed by atoms with Crippen LogP contribution in [0.15, 0.2) is 41.8 Å². The second kappa shape index (κ2) is 6.73. The maximum absolute atomic E-state index is 10.4. The Bertz CT molecular complexity index is 545. The minimum absolute atomic E-state index is 0.352. The van der Waals surface area contributed by atoms with Crippen molar-refractivity contribution in [1.29, 1.82) is 0 Å². The molecule has 112 valence electrons. The summed E-state index contributed by atoms with van der Waals surface area (Å²) in [7, 11) is 0. The molecule has 0 saturated heterocycles. The largest absolute Gasteiger partial charge is 0.388 e. The molecule has 1 heterocycles. The highest BCUT2D eigenvalue weighted by molar-refractivity contribution is 7.09. The molecule has 3 heteroatoms. The molecule has 1 aromatic heterocycles. The molecule has 1 aromatic carbocycles. The first-order valence-electron chi connectivity index (χ1n) is 7.73. The third-order valence-corrected chi connectivity index (χ3v) is 5.02. The molecular formula is C18H23NOS. The third-order valence-electron chi connectivity index (χ3n) is 4.15. The lowest BCUT2D eigenvalue weighted by atomic mass is 10.0. The second-order valence-electron chi connectivity index (χ2n) is 6.00. The van der Waals surface area contributed by atoms with Crippen molar-refractivity contribution in [2.24, 2.45) is 0 Å². The van der Waals surface area contributed by atoms with Crippen molar-refractivity contribution in [1.82, 2.24) is 4.90 Å². The van der Waals surface area contributed by atoms with E-state index >= 15 is 0 Å². The predicted octanol–water partition coefficient (Wildman–Crippen LogP) is 4.14. The van der Waals surface area contributed by atoms with Crippen LogP contribution in [-0.4, -0.2) is 22.6 Å². The highest BCUT2D eigenvalue weighted by Crippen LogP contribution is 2.30. The monoisotopic (exact) mass is 301 g/mol. The first-order chi connectivity index (χ1) is 10.2. The molecule has 0 aliphatic heterocycles. The zero-order chi connectivity index (χ0) is 14.7. The number of hydrogen-bond acceptors (Lipinski definition) is 3. The minimum atomic E-state index is -0.352. The molecule has 1 fully saturated rings. The van der Waals surface area contributed by atoms with Crippen LogP contribution in [0, 0.1) is 6.92 Å². The van der Waals surface area contributed by atoms with E-state index in [0.717, 1.165) is 31.1 Å². The Morgan fingerprint density at radius 1 is 1.24 bits per heavy atom.